The quantitative estimate of drug-likeness (QED) is 0.521. The van der Waals surface area contributed by atoms with Gasteiger partial charge in [0.1, 0.15) is 6.54 Å². The maximum Gasteiger partial charge on any atom is 0.406 e. The van der Waals surface area contributed by atoms with Crippen molar-refractivity contribution in [3.63, 3.8) is 0 Å². The number of amides is 2. The molecular weight excluding hydrogens is 379 g/mol. The summed E-state index contributed by atoms with van der Waals surface area (Å²) in [5.74, 6) is -1.49. The number of carbonyl (C=O) groups excluding carboxylic acids is 2. The zero-order valence-corrected chi connectivity index (χ0v) is 15.0. The van der Waals surface area contributed by atoms with Crippen molar-refractivity contribution < 1.29 is 27.7 Å². The number of nitro benzene ring substituents is 1. The molecule has 1 unspecified atom stereocenters. The maximum atomic E-state index is 13.0. The van der Waals surface area contributed by atoms with Crippen LogP contribution in [0.25, 0.3) is 0 Å². The minimum atomic E-state index is -4.66. The third kappa shape index (κ3) is 4.99. The van der Waals surface area contributed by atoms with Crippen LogP contribution in [0.15, 0.2) is 24.3 Å². The molecule has 2 aliphatic rings. The molecule has 152 valence electrons. The van der Waals surface area contributed by atoms with Gasteiger partial charge in [-0.05, 0) is 18.8 Å². The Kier molecular flexibility index (Phi) is 5.57. The maximum absolute atomic E-state index is 13.0. The molecule has 7 nitrogen and oxygen atoms in total. The molecule has 1 aromatic carbocycles. The van der Waals surface area contributed by atoms with E-state index in [0.717, 1.165) is 12.8 Å². The van der Waals surface area contributed by atoms with Crippen molar-refractivity contribution in [2.24, 2.45) is 11.8 Å². The van der Waals surface area contributed by atoms with E-state index in [2.05, 4.69) is 0 Å². The first kappa shape index (κ1) is 20.1. The average Bonchev–Trinajstić information content (AvgIpc) is 3.35. The van der Waals surface area contributed by atoms with Crippen LogP contribution in [0.5, 0.6) is 0 Å². The minimum Gasteiger partial charge on any atom is -0.342 e. The van der Waals surface area contributed by atoms with Gasteiger partial charge in [-0.25, -0.2) is 0 Å². The topological polar surface area (TPSA) is 83.8 Å². The van der Waals surface area contributed by atoms with Gasteiger partial charge in [0.2, 0.25) is 11.8 Å². The van der Waals surface area contributed by atoms with Gasteiger partial charge in [0.05, 0.1) is 17.4 Å². The zero-order valence-electron chi connectivity index (χ0n) is 15.0. The van der Waals surface area contributed by atoms with Crippen molar-refractivity contribution in [3.05, 3.63) is 39.9 Å². The van der Waals surface area contributed by atoms with Crippen LogP contribution in [0.4, 0.5) is 18.9 Å². The molecule has 2 fully saturated rings. The van der Waals surface area contributed by atoms with E-state index in [1.165, 1.54) is 29.2 Å². The monoisotopic (exact) mass is 399 g/mol. The lowest BCUT2D eigenvalue weighted by molar-refractivity contribution is -0.385. The van der Waals surface area contributed by atoms with Crippen molar-refractivity contribution >= 4 is 17.5 Å². The Labute approximate surface area is 159 Å². The summed E-state index contributed by atoms with van der Waals surface area (Å²) in [6, 6.07) is 5.38. The lowest BCUT2D eigenvalue weighted by Gasteiger charge is -2.26. The number of likely N-dealkylation sites (tertiary alicyclic amines) is 1. The molecule has 1 aliphatic heterocycles. The number of hydrogen-bond donors (Lipinski definition) is 0. The number of hydrogen-bond acceptors (Lipinski definition) is 4. The first-order chi connectivity index (χ1) is 13.1. The molecule has 0 spiro atoms. The predicted octanol–water partition coefficient (Wildman–Crippen LogP) is 2.74. The smallest absolute Gasteiger partial charge is 0.342 e. The van der Waals surface area contributed by atoms with E-state index >= 15 is 0 Å². The van der Waals surface area contributed by atoms with Gasteiger partial charge in [0.25, 0.3) is 5.69 Å². The van der Waals surface area contributed by atoms with Crippen LogP contribution in [-0.4, -0.2) is 52.3 Å². The second-order valence-corrected chi connectivity index (χ2v) is 7.34. The van der Waals surface area contributed by atoms with Crippen LogP contribution in [0.1, 0.15) is 24.8 Å². The number of para-hydroxylation sites is 1. The highest BCUT2D eigenvalue weighted by molar-refractivity contribution is 5.89. The van der Waals surface area contributed by atoms with Crippen molar-refractivity contribution in [2.45, 2.75) is 32.0 Å². The van der Waals surface area contributed by atoms with Gasteiger partial charge in [0, 0.05) is 31.1 Å². The fourth-order valence-electron chi connectivity index (χ4n) is 3.44. The van der Waals surface area contributed by atoms with Crippen LogP contribution in [-0.2, 0) is 16.1 Å². The standard InChI is InChI=1S/C18H20F3N3O4/c19-18(20,21)11-23(9-13-3-1-2-4-15(13)24(27)28)17(26)14-7-16(25)22(10-14)8-12-5-6-12/h1-4,12,14H,5-11H2. The molecular formula is C18H20F3N3O4. The Bertz CT molecular complexity index is 780. The number of halogens is 3. The van der Waals surface area contributed by atoms with Crippen molar-refractivity contribution in [1.29, 1.82) is 0 Å². The summed E-state index contributed by atoms with van der Waals surface area (Å²) in [5, 5.41) is 11.1. The molecule has 1 saturated heterocycles. The summed E-state index contributed by atoms with van der Waals surface area (Å²) < 4.78 is 39.1. The fraction of sp³-hybridized carbons (Fsp3) is 0.556. The number of alkyl halides is 3. The molecule has 1 atom stereocenters. The zero-order chi connectivity index (χ0) is 20.5. The summed E-state index contributed by atoms with van der Waals surface area (Å²) in [6.07, 6.45) is -2.76. The summed E-state index contributed by atoms with van der Waals surface area (Å²) >= 11 is 0. The van der Waals surface area contributed by atoms with Crippen LogP contribution >= 0.6 is 0 Å². The van der Waals surface area contributed by atoms with Crippen LogP contribution < -0.4 is 0 Å². The van der Waals surface area contributed by atoms with E-state index in [0.29, 0.717) is 17.4 Å². The van der Waals surface area contributed by atoms with E-state index in [1.807, 2.05) is 0 Å². The van der Waals surface area contributed by atoms with Crippen LogP contribution in [0, 0.1) is 22.0 Å². The molecule has 2 amide bonds. The first-order valence-electron chi connectivity index (χ1n) is 8.99. The molecule has 1 heterocycles. The van der Waals surface area contributed by atoms with E-state index in [1.54, 1.807) is 0 Å². The van der Waals surface area contributed by atoms with Gasteiger partial charge in [-0.2, -0.15) is 13.2 Å². The Hall–Kier alpha value is -2.65. The van der Waals surface area contributed by atoms with Gasteiger partial charge >= 0.3 is 6.18 Å². The summed E-state index contributed by atoms with van der Waals surface area (Å²) in [6.45, 7) is -1.43. The SMILES string of the molecule is O=C1CC(C(=O)N(Cc2ccccc2[N+](=O)[O-])CC(F)(F)F)CN1CC1CC1. The number of nitrogens with zero attached hydrogens (tertiary/aromatic N) is 3. The molecule has 0 N–H and O–H groups in total. The predicted molar refractivity (Wildman–Crippen MR) is 92.0 cm³/mol. The van der Waals surface area contributed by atoms with Crippen molar-refractivity contribution in [2.75, 3.05) is 19.6 Å². The Balaban J connectivity index is 1.77. The molecule has 28 heavy (non-hydrogen) atoms. The van der Waals surface area contributed by atoms with Gasteiger partial charge in [0.15, 0.2) is 0 Å². The van der Waals surface area contributed by atoms with E-state index < -0.39 is 36.0 Å². The number of benzene rings is 1. The van der Waals surface area contributed by atoms with Gasteiger partial charge in [-0.1, -0.05) is 18.2 Å². The third-order valence-corrected chi connectivity index (χ3v) is 4.97. The summed E-state index contributed by atoms with van der Waals surface area (Å²) in [7, 11) is 0. The van der Waals surface area contributed by atoms with Gasteiger partial charge in [-0.15, -0.1) is 0 Å². The summed E-state index contributed by atoms with van der Waals surface area (Å²) in [4.78, 5) is 37.4. The number of rotatable bonds is 7. The summed E-state index contributed by atoms with van der Waals surface area (Å²) in [5.41, 5.74) is -0.329. The first-order valence-corrected chi connectivity index (χ1v) is 8.99. The van der Waals surface area contributed by atoms with Gasteiger partial charge < -0.3 is 9.80 Å². The van der Waals surface area contributed by atoms with Crippen molar-refractivity contribution in [3.8, 4) is 0 Å². The Morgan fingerprint density at radius 1 is 1.29 bits per heavy atom. The highest BCUT2D eigenvalue weighted by Gasteiger charge is 2.41. The molecule has 0 bridgehead atoms. The van der Waals surface area contributed by atoms with Crippen LogP contribution in [0.2, 0.25) is 0 Å². The fourth-order valence-corrected chi connectivity index (χ4v) is 3.44. The Morgan fingerprint density at radius 2 is 1.96 bits per heavy atom. The second kappa shape index (κ2) is 7.76. The molecule has 1 aromatic rings. The largest absolute Gasteiger partial charge is 0.406 e. The molecule has 1 aliphatic carbocycles. The van der Waals surface area contributed by atoms with E-state index in [4.69, 9.17) is 0 Å². The highest BCUT2D eigenvalue weighted by Crippen LogP contribution is 2.33. The molecule has 10 heteroatoms. The molecule has 0 radical (unpaired) electrons. The van der Waals surface area contributed by atoms with Crippen LogP contribution in [0.3, 0.4) is 0 Å². The normalized spacial score (nSPS) is 19.8. The third-order valence-electron chi connectivity index (χ3n) is 4.97. The van der Waals surface area contributed by atoms with Crippen molar-refractivity contribution in [1.82, 2.24) is 9.80 Å². The van der Waals surface area contributed by atoms with Gasteiger partial charge in [-0.3, -0.25) is 19.7 Å². The lowest BCUT2D eigenvalue weighted by Crippen LogP contribution is -2.42. The highest BCUT2D eigenvalue weighted by atomic mass is 19.4. The van der Waals surface area contributed by atoms with E-state index in [-0.39, 0.29) is 30.1 Å². The molecule has 3 rings (SSSR count). The number of carbonyl (C=O) groups is 2. The van der Waals surface area contributed by atoms with E-state index in [9.17, 15) is 32.9 Å². The average molecular weight is 399 g/mol. The number of nitro groups is 1. The molecule has 1 saturated carbocycles. The minimum absolute atomic E-state index is 0.0178. The lowest BCUT2D eigenvalue weighted by atomic mass is 10.1. The molecule has 0 aromatic heterocycles. The Morgan fingerprint density at radius 3 is 2.57 bits per heavy atom. The second-order valence-electron chi connectivity index (χ2n) is 7.34.